The number of hydrogen-bond donors (Lipinski definition) is 1. The number of carbonyl (C=O) groups excluding carboxylic acids is 4. The smallest absolute Gasteiger partial charge is 0.361 e. The van der Waals surface area contributed by atoms with Crippen molar-refractivity contribution in [1.29, 1.82) is 0 Å². The van der Waals surface area contributed by atoms with Gasteiger partial charge >= 0.3 is 5.97 Å². The largest absolute Gasteiger partial charge is 0.420 e. The summed E-state index contributed by atoms with van der Waals surface area (Å²) >= 11 is 3.31. The molecule has 2 aromatic rings. The number of amides is 1. The number of nitrogens with zero attached hydrogens (tertiary/aromatic N) is 1. The number of anilines is 1. The summed E-state index contributed by atoms with van der Waals surface area (Å²) in [6.45, 7) is 0. The summed E-state index contributed by atoms with van der Waals surface area (Å²) < 4.78 is 6.13. The van der Waals surface area contributed by atoms with Crippen LogP contribution < -0.4 is 9.64 Å². The predicted molar refractivity (Wildman–Crippen MR) is 117 cm³/mol. The Bertz CT molecular complexity index is 1220. The summed E-state index contributed by atoms with van der Waals surface area (Å²) in [5.74, 6) is -3.76. The zero-order chi connectivity index (χ0) is 22.6. The van der Waals surface area contributed by atoms with Crippen LogP contribution >= 0.6 is 15.9 Å². The van der Waals surface area contributed by atoms with Gasteiger partial charge in [-0.2, -0.15) is 0 Å². The molecule has 2 heterocycles. The summed E-state index contributed by atoms with van der Waals surface area (Å²) in [7, 11) is 0. The van der Waals surface area contributed by atoms with Gasteiger partial charge in [0.05, 0.1) is 17.2 Å². The van der Waals surface area contributed by atoms with E-state index in [0.29, 0.717) is 12.8 Å². The number of ketones is 2. The van der Waals surface area contributed by atoms with Gasteiger partial charge in [0.2, 0.25) is 0 Å². The number of rotatable bonds is 3. The third-order valence-corrected chi connectivity index (χ3v) is 6.79. The van der Waals surface area contributed by atoms with E-state index >= 15 is 0 Å². The van der Waals surface area contributed by atoms with Gasteiger partial charge in [-0.05, 0) is 49.2 Å². The van der Waals surface area contributed by atoms with Crippen molar-refractivity contribution >= 4 is 45.1 Å². The standard InChI is InChI=1S/C24H18BrNO6/c25-14-11-9-13(10-12-14)21(28)19-20-22(29)32-18-8-4-2-6-16(18)26(20)23(30)24(19,31)15-5-1-3-7-17(15)27/h2,4,6,8-12,15,31H,1,3,5,7H2. The van der Waals surface area contributed by atoms with Gasteiger partial charge in [-0.15, -0.1) is 0 Å². The van der Waals surface area contributed by atoms with Crippen LogP contribution in [0, 0.1) is 5.92 Å². The first-order valence-electron chi connectivity index (χ1n) is 10.3. The molecule has 0 radical (unpaired) electrons. The van der Waals surface area contributed by atoms with Crippen molar-refractivity contribution < 1.29 is 29.0 Å². The highest BCUT2D eigenvalue weighted by atomic mass is 79.9. The second-order valence-electron chi connectivity index (χ2n) is 8.09. The Balaban J connectivity index is 1.76. The van der Waals surface area contributed by atoms with Crippen LogP contribution in [0.5, 0.6) is 5.75 Å². The summed E-state index contributed by atoms with van der Waals surface area (Å²) in [6, 6.07) is 12.7. The van der Waals surface area contributed by atoms with Gasteiger partial charge in [0.1, 0.15) is 11.5 Å². The van der Waals surface area contributed by atoms with E-state index in [2.05, 4.69) is 15.9 Å². The highest BCUT2D eigenvalue weighted by molar-refractivity contribution is 9.10. The number of halogens is 1. The van der Waals surface area contributed by atoms with Gasteiger partial charge in [0.15, 0.2) is 17.1 Å². The molecule has 7 nitrogen and oxygen atoms in total. The number of esters is 1. The van der Waals surface area contributed by atoms with Gasteiger partial charge in [-0.3, -0.25) is 19.3 Å². The quantitative estimate of drug-likeness (QED) is 0.398. The second kappa shape index (κ2) is 7.50. The number of carbonyl (C=O) groups is 4. The zero-order valence-corrected chi connectivity index (χ0v) is 18.4. The molecule has 2 unspecified atom stereocenters. The van der Waals surface area contributed by atoms with Crippen molar-refractivity contribution in [2.45, 2.75) is 31.3 Å². The zero-order valence-electron chi connectivity index (χ0n) is 16.8. The molecule has 1 saturated carbocycles. The van der Waals surface area contributed by atoms with Crippen molar-refractivity contribution in [1.82, 2.24) is 0 Å². The summed E-state index contributed by atoms with van der Waals surface area (Å²) in [5.41, 5.74) is -2.76. The molecule has 32 heavy (non-hydrogen) atoms. The van der Waals surface area contributed by atoms with Crippen molar-refractivity contribution in [2.24, 2.45) is 5.92 Å². The van der Waals surface area contributed by atoms with Crippen molar-refractivity contribution in [2.75, 3.05) is 4.90 Å². The van der Waals surface area contributed by atoms with Crippen LogP contribution in [-0.2, 0) is 14.4 Å². The van der Waals surface area contributed by atoms with Crippen LogP contribution in [0.1, 0.15) is 36.0 Å². The molecule has 1 aliphatic carbocycles. The first-order chi connectivity index (χ1) is 15.3. The molecule has 1 amide bonds. The Kier molecular flexibility index (Phi) is 4.87. The molecular weight excluding hydrogens is 478 g/mol. The first kappa shape index (κ1) is 20.8. The number of ether oxygens (including phenoxy) is 1. The van der Waals surface area contributed by atoms with Crippen molar-refractivity contribution in [3.05, 3.63) is 69.8 Å². The van der Waals surface area contributed by atoms with Gasteiger partial charge < -0.3 is 9.84 Å². The molecule has 0 aromatic heterocycles. The van der Waals surface area contributed by atoms with E-state index in [1.165, 1.54) is 18.2 Å². The van der Waals surface area contributed by atoms with Crippen LogP contribution in [0.3, 0.4) is 0 Å². The number of benzene rings is 2. The van der Waals surface area contributed by atoms with E-state index in [1.54, 1.807) is 30.3 Å². The lowest BCUT2D eigenvalue weighted by atomic mass is 9.71. The molecule has 1 fully saturated rings. The van der Waals surface area contributed by atoms with Gasteiger partial charge in [-0.1, -0.05) is 34.5 Å². The van der Waals surface area contributed by atoms with Crippen molar-refractivity contribution in [3.8, 4) is 5.75 Å². The molecule has 1 N–H and O–H groups in total. The van der Waals surface area contributed by atoms with Crippen LogP contribution in [0.15, 0.2) is 64.3 Å². The van der Waals surface area contributed by atoms with E-state index in [9.17, 15) is 24.3 Å². The average molecular weight is 496 g/mol. The topological polar surface area (TPSA) is 101 Å². The monoisotopic (exact) mass is 495 g/mol. The van der Waals surface area contributed by atoms with Crippen LogP contribution in [0.25, 0.3) is 0 Å². The minimum Gasteiger partial charge on any atom is -0.420 e. The molecule has 5 rings (SSSR count). The van der Waals surface area contributed by atoms with Crippen LogP contribution in [0.2, 0.25) is 0 Å². The number of aliphatic hydroxyl groups is 1. The fourth-order valence-corrected chi connectivity index (χ4v) is 5.01. The maximum absolute atomic E-state index is 13.7. The van der Waals surface area contributed by atoms with E-state index < -0.39 is 34.8 Å². The Morgan fingerprint density at radius 1 is 1.06 bits per heavy atom. The second-order valence-corrected chi connectivity index (χ2v) is 9.00. The Labute approximate surface area is 191 Å². The summed E-state index contributed by atoms with van der Waals surface area (Å²) in [4.78, 5) is 54.3. The van der Waals surface area contributed by atoms with E-state index in [0.717, 1.165) is 9.37 Å². The number of fused-ring (bicyclic) bond motifs is 3. The molecule has 2 aromatic carbocycles. The third kappa shape index (κ3) is 2.90. The molecule has 3 aliphatic rings. The normalized spacial score (nSPS) is 24.9. The molecule has 0 saturated heterocycles. The maximum atomic E-state index is 13.7. The summed E-state index contributed by atoms with van der Waals surface area (Å²) in [6.07, 6.45) is 1.73. The highest BCUT2D eigenvalue weighted by Crippen LogP contribution is 2.49. The molecule has 0 bridgehead atoms. The Morgan fingerprint density at radius 3 is 2.50 bits per heavy atom. The van der Waals surface area contributed by atoms with Crippen molar-refractivity contribution in [3.63, 3.8) is 0 Å². The lowest BCUT2D eigenvalue weighted by molar-refractivity contribution is -0.145. The molecular formula is C24H18BrNO6. The van der Waals surface area contributed by atoms with Gasteiger partial charge in [0, 0.05) is 16.5 Å². The minimum absolute atomic E-state index is 0.143. The molecule has 162 valence electrons. The Morgan fingerprint density at radius 2 is 1.78 bits per heavy atom. The number of hydrogen-bond acceptors (Lipinski definition) is 6. The summed E-state index contributed by atoms with van der Waals surface area (Å²) in [5, 5.41) is 11.9. The molecule has 2 aliphatic heterocycles. The van der Waals surface area contributed by atoms with E-state index in [4.69, 9.17) is 4.74 Å². The lowest BCUT2D eigenvalue weighted by Crippen LogP contribution is -2.53. The highest BCUT2D eigenvalue weighted by Gasteiger charge is 2.63. The number of para-hydroxylation sites is 2. The molecule has 2 atom stereocenters. The Hall–Kier alpha value is -3.10. The SMILES string of the molecule is O=C1Oc2ccccc2N2C(=O)C(O)(C3CCCCC3=O)C(C(=O)c3ccc(Br)cc3)=C12. The molecule has 8 heteroatoms. The first-order valence-corrected chi connectivity index (χ1v) is 11.1. The van der Waals surface area contributed by atoms with Gasteiger partial charge in [-0.25, -0.2) is 4.79 Å². The number of Topliss-reactive ketones (excluding diaryl/α,β-unsaturated/α-hetero) is 2. The van der Waals surface area contributed by atoms with Crippen LogP contribution in [-0.4, -0.2) is 34.2 Å². The predicted octanol–water partition coefficient (Wildman–Crippen LogP) is 3.34. The molecule has 0 spiro atoms. The fraction of sp³-hybridized carbons (Fsp3) is 0.250. The third-order valence-electron chi connectivity index (χ3n) is 6.27. The fourth-order valence-electron chi connectivity index (χ4n) is 4.75. The van der Waals surface area contributed by atoms with Crippen LogP contribution in [0.4, 0.5) is 5.69 Å². The average Bonchev–Trinajstić information content (AvgIpc) is 3.03. The maximum Gasteiger partial charge on any atom is 0.361 e. The minimum atomic E-state index is -2.45. The lowest BCUT2D eigenvalue weighted by Gasteiger charge is -2.34. The van der Waals surface area contributed by atoms with E-state index in [-0.39, 0.29) is 41.3 Å². The van der Waals surface area contributed by atoms with Gasteiger partial charge in [0.25, 0.3) is 5.91 Å². The van der Waals surface area contributed by atoms with E-state index in [1.807, 2.05) is 0 Å².